The van der Waals surface area contributed by atoms with Gasteiger partial charge in [-0.05, 0) is 38.0 Å². The molecule has 1 aliphatic heterocycles. The highest BCUT2D eigenvalue weighted by atomic mass is 16.4. The summed E-state index contributed by atoms with van der Waals surface area (Å²) in [7, 11) is 0. The molecule has 16 heavy (non-hydrogen) atoms. The van der Waals surface area contributed by atoms with E-state index < -0.39 is 5.97 Å². The van der Waals surface area contributed by atoms with Crippen molar-refractivity contribution in [3.63, 3.8) is 0 Å². The summed E-state index contributed by atoms with van der Waals surface area (Å²) in [5.74, 6) is -0.0751. The van der Waals surface area contributed by atoms with Gasteiger partial charge in [0, 0.05) is 25.4 Å². The van der Waals surface area contributed by atoms with E-state index in [4.69, 9.17) is 5.11 Å². The van der Waals surface area contributed by atoms with Crippen LogP contribution in [0.2, 0.25) is 0 Å². The molecule has 0 bridgehead atoms. The minimum Gasteiger partial charge on any atom is -0.481 e. The van der Waals surface area contributed by atoms with Gasteiger partial charge >= 0.3 is 5.97 Å². The zero-order valence-electron chi connectivity index (χ0n) is 9.52. The zero-order chi connectivity index (χ0) is 11.5. The van der Waals surface area contributed by atoms with Crippen molar-refractivity contribution < 1.29 is 14.7 Å². The largest absolute Gasteiger partial charge is 0.481 e. The monoisotopic (exact) mass is 225 g/mol. The van der Waals surface area contributed by atoms with Crippen molar-refractivity contribution in [2.75, 3.05) is 6.54 Å². The van der Waals surface area contributed by atoms with Crippen LogP contribution in [-0.2, 0) is 9.59 Å². The van der Waals surface area contributed by atoms with E-state index in [1.165, 1.54) is 0 Å². The minimum absolute atomic E-state index is 0.292. The van der Waals surface area contributed by atoms with Gasteiger partial charge in [-0.2, -0.15) is 0 Å². The predicted molar refractivity (Wildman–Crippen MR) is 58.9 cm³/mol. The maximum atomic E-state index is 11.6. The molecule has 1 saturated carbocycles. The number of likely N-dealkylation sites (tertiary alicyclic amines) is 1. The van der Waals surface area contributed by atoms with Crippen molar-refractivity contribution >= 4 is 11.9 Å². The Kier molecular flexibility index (Phi) is 3.46. The molecule has 90 valence electrons. The third-order valence-corrected chi connectivity index (χ3v) is 3.83. The van der Waals surface area contributed by atoms with Gasteiger partial charge in [-0.3, -0.25) is 9.59 Å². The molecule has 0 aromatic heterocycles. The summed E-state index contributed by atoms with van der Waals surface area (Å²) in [5.41, 5.74) is 0. The molecular weight excluding hydrogens is 206 g/mol. The molecule has 4 heteroatoms. The summed E-state index contributed by atoms with van der Waals surface area (Å²) < 4.78 is 0. The van der Waals surface area contributed by atoms with E-state index in [2.05, 4.69) is 0 Å². The molecule has 0 radical (unpaired) electrons. The van der Waals surface area contributed by atoms with E-state index in [9.17, 15) is 9.59 Å². The Labute approximate surface area is 95.6 Å². The van der Waals surface area contributed by atoms with Crippen LogP contribution in [-0.4, -0.2) is 34.5 Å². The SMILES string of the molecule is O=C(O)C[C@H]1CC[C@H](N2CCCC2=O)CC1. The van der Waals surface area contributed by atoms with E-state index in [1.807, 2.05) is 4.90 Å². The molecule has 0 spiro atoms. The van der Waals surface area contributed by atoms with Crippen molar-refractivity contribution in [3.8, 4) is 0 Å². The van der Waals surface area contributed by atoms with E-state index in [0.717, 1.165) is 38.6 Å². The van der Waals surface area contributed by atoms with Crippen LogP contribution < -0.4 is 0 Å². The first-order valence-electron chi connectivity index (χ1n) is 6.18. The van der Waals surface area contributed by atoms with Crippen molar-refractivity contribution in [2.45, 2.75) is 51.0 Å². The van der Waals surface area contributed by atoms with Crippen LogP contribution in [0, 0.1) is 5.92 Å². The van der Waals surface area contributed by atoms with Crippen LogP contribution >= 0.6 is 0 Å². The van der Waals surface area contributed by atoms with Gasteiger partial charge in [-0.15, -0.1) is 0 Å². The van der Waals surface area contributed by atoms with Gasteiger partial charge in [0.15, 0.2) is 0 Å². The Morgan fingerprint density at radius 2 is 2.00 bits per heavy atom. The van der Waals surface area contributed by atoms with Crippen LogP contribution in [0.25, 0.3) is 0 Å². The van der Waals surface area contributed by atoms with E-state index in [1.54, 1.807) is 0 Å². The average Bonchev–Trinajstić information content (AvgIpc) is 2.65. The van der Waals surface area contributed by atoms with Crippen molar-refractivity contribution in [2.24, 2.45) is 5.92 Å². The predicted octanol–water partition coefficient (Wildman–Crippen LogP) is 1.64. The van der Waals surface area contributed by atoms with Gasteiger partial charge in [-0.25, -0.2) is 0 Å². The number of carboxylic acid groups (broad SMARTS) is 1. The standard InChI is InChI=1S/C12H19NO3/c14-11-2-1-7-13(11)10-5-3-9(4-6-10)8-12(15)16/h9-10H,1-8H2,(H,15,16)/t9-,10-. The van der Waals surface area contributed by atoms with Gasteiger partial charge in [0.2, 0.25) is 5.91 Å². The Morgan fingerprint density at radius 3 is 2.50 bits per heavy atom. The lowest BCUT2D eigenvalue weighted by molar-refractivity contribution is -0.139. The number of aliphatic carboxylic acids is 1. The summed E-state index contributed by atoms with van der Waals surface area (Å²) in [5, 5.41) is 8.72. The fraction of sp³-hybridized carbons (Fsp3) is 0.833. The lowest BCUT2D eigenvalue weighted by atomic mass is 9.83. The second-order valence-corrected chi connectivity index (χ2v) is 4.96. The molecule has 0 unspecified atom stereocenters. The van der Waals surface area contributed by atoms with Crippen molar-refractivity contribution in [1.82, 2.24) is 4.90 Å². The molecule has 1 aliphatic carbocycles. The fourth-order valence-electron chi connectivity index (χ4n) is 2.96. The van der Waals surface area contributed by atoms with Crippen molar-refractivity contribution in [1.29, 1.82) is 0 Å². The summed E-state index contributed by atoms with van der Waals surface area (Å²) in [6.07, 6.45) is 5.89. The Balaban J connectivity index is 1.80. The quantitative estimate of drug-likeness (QED) is 0.794. The number of carboxylic acids is 1. The number of hydrogen-bond donors (Lipinski definition) is 1. The average molecular weight is 225 g/mol. The molecule has 2 rings (SSSR count). The number of hydrogen-bond acceptors (Lipinski definition) is 2. The first-order valence-corrected chi connectivity index (χ1v) is 6.18. The summed E-state index contributed by atoms with van der Waals surface area (Å²) in [6.45, 7) is 0.910. The number of rotatable bonds is 3. The van der Waals surface area contributed by atoms with Gasteiger partial charge in [0.1, 0.15) is 0 Å². The van der Waals surface area contributed by atoms with Crippen LogP contribution in [0.15, 0.2) is 0 Å². The van der Waals surface area contributed by atoms with Crippen LogP contribution in [0.3, 0.4) is 0 Å². The summed E-state index contributed by atoms with van der Waals surface area (Å²) in [6, 6.07) is 0.389. The second kappa shape index (κ2) is 4.85. The fourth-order valence-corrected chi connectivity index (χ4v) is 2.96. The third-order valence-electron chi connectivity index (χ3n) is 3.83. The summed E-state index contributed by atoms with van der Waals surface area (Å²) in [4.78, 5) is 24.2. The molecule has 1 N–H and O–H groups in total. The maximum Gasteiger partial charge on any atom is 0.303 e. The first-order chi connectivity index (χ1) is 7.66. The van der Waals surface area contributed by atoms with Gasteiger partial charge in [-0.1, -0.05) is 0 Å². The highest BCUT2D eigenvalue weighted by Crippen LogP contribution is 2.31. The molecule has 2 aliphatic rings. The Morgan fingerprint density at radius 1 is 1.31 bits per heavy atom. The maximum absolute atomic E-state index is 11.6. The van der Waals surface area contributed by atoms with E-state index in [-0.39, 0.29) is 0 Å². The minimum atomic E-state index is -0.694. The Bertz CT molecular complexity index is 282. The molecule has 1 amide bonds. The third kappa shape index (κ3) is 2.54. The molecular formula is C12H19NO3. The van der Waals surface area contributed by atoms with Gasteiger partial charge in [0.25, 0.3) is 0 Å². The summed E-state index contributed by atoms with van der Waals surface area (Å²) >= 11 is 0. The topological polar surface area (TPSA) is 57.6 Å². The smallest absolute Gasteiger partial charge is 0.303 e. The molecule has 4 nitrogen and oxygen atoms in total. The number of carbonyl (C=O) groups excluding carboxylic acids is 1. The number of carbonyl (C=O) groups is 2. The highest BCUT2D eigenvalue weighted by molar-refractivity contribution is 5.78. The molecule has 0 aromatic rings. The molecule has 1 heterocycles. The molecule has 0 aromatic carbocycles. The number of amides is 1. The Hall–Kier alpha value is -1.06. The molecule has 2 fully saturated rings. The van der Waals surface area contributed by atoms with Gasteiger partial charge < -0.3 is 10.0 Å². The lowest BCUT2D eigenvalue weighted by Crippen LogP contribution is -2.39. The van der Waals surface area contributed by atoms with Crippen molar-refractivity contribution in [3.05, 3.63) is 0 Å². The van der Waals surface area contributed by atoms with Crippen LogP contribution in [0.5, 0.6) is 0 Å². The van der Waals surface area contributed by atoms with Crippen LogP contribution in [0.4, 0.5) is 0 Å². The highest BCUT2D eigenvalue weighted by Gasteiger charge is 2.31. The molecule has 0 atom stereocenters. The van der Waals surface area contributed by atoms with E-state index in [0.29, 0.717) is 30.7 Å². The lowest BCUT2D eigenvalue weighted by Gasteiger charge is -2.34. The van der Waals surface area contributed by atoms with Gasteiger partial charge in [0.05, 0.1) is 0 Å². The first kappa shape index (κ1) is 11.4. The van der Waals surface area contributed by atoms with Crippen LogP contribution in [0.1, 0.15) is 44.9 Å². The normalized spacial score (nSPS) is 30.8. The number of nitrogens with zero attached hydrogens (tertiary/aromatic N) is 1. The second-order valence-electron chi connectivity index (χ2n) is 4.96. The molecule has 1 saturated heterocycles. The van der Waals surface area contributed by atoms with E-state index >= 15 is 0 Å². The zero-order valence-corrected chi connectivity index (χ0v) is 9.52.